The van der Waals surface area contributed by atoms with Crippen molar-refractivity contribution in [2.75, 3.05) is 19.8 Å². The van der Waals surface area contributed by atoms with Gasteiger partial charge in [0.25, 0.3) is 0 Å². The van der Waals surface area contributed by atoms with Crippen molar-refractivity contribution in [1.82, 2.24) is 0 Å². The van der Waals surface area contributed by atoms with E-state index >= 15 is 0 Å². The zero-order chi connectivity index (χ0) is 10.6. The van der Waals surface area contributed by atoms with Gasteiger partial charge in [0.1, 0.15) is 0 Å². The highest BCUT2D eigenvalue weighted by Crippen LogP contribution is 2.28. The smallest absolute Gasteiger partial charge is 0.0717 e. The van der Waals surface area contributed by atoms with Crippen LogP contribution in [0.1, 0.15) is 18.9 Å². The van der Waals surface area contributed by atoms with Crippen LogP contribution in [-0.4, -0.2) is 19.8 Å². The first kappa shape index (κ1) is 10.7. The molecule has 2 nitrogen and oxygen atoms in total. The zero-order valence-corrected chi connectivity index (χ0v) is 9.24. The van der Waals surface area contributed by atoms with E-state index in [0.717, 1.165) is 26.2 Å². The van der Waals surface area contributed by atoms with E-state index in [0.29, 0.717) is 6.61 Å². The minimum Gasteiger partial charge on any atom is -0.381 e. The fraction of sp³-hybridized carbons (Fsp3) is 0.538. The molecule has 0 radical (unpaired) electrons. The Morgan fingerprint density at radius 2 is 2.13 bits per heavy atom. The molecule has 0 aliphatic carbocycles. The highest BCUT2D eigenvalue weighted by Gasteiger charge is 2.29. The van der Waals surface area contributed by atoms with Crippen molar-refractivity contribution in [1.29, 1.82) is 0 Å². The second-order valence-corrected chi connectivity index (χ2v) is 4.59. The van der Waals surface area contributed by atoms with Gasteiger partial charge in [0.05, 0.1) is 19.8 Å². The van der Waals surface area contributed by atoms with Gasteiger partial charge in [-0.05, 0) is 12.0 Å². The van der Waals surface area contributed by atoms with Gasteiger partial charge in [-0.15, -0.1) is 0 Å². The maximum absolute atomic E-state index is 5.73. The lowest BCUT2D eigenvalue weighted by Gasteiger charge is -2.21. The largest absolute Gasteiger partial charge is 0.381 e. The minimum atomic E-state index is 0.231. The molecule has 15 heavy (non-hydrogen) atoms. The molecule has 1 fully saturated rings. The van der Waals surface area contributed by atoms with Crippen molar-refractivity contribution in [3.05, 3.63) is 35.9 Å². The number of hydrogen-bond acceptors (Lipinski definition) is 2. The number of hydrogen-bond donors (Lipinski definition) is 0. The molecule has 1 aromatic rings. The summed E-state index contributed by atoms with van der Waals surface area (Å²) < 4.78 is 11.1. The molecule has 0 N–H and O–H groups in total. The van der Waals surface area contributed by atoms with Gasteiger partial charge in [-0.2, -0.15) is 0 Å². The second-order valence-electron chi connectivity index (χ2n) is 4.59. The molecule has 82 valence electrons. The lowest BCUT2D eigenvalue weighted by molar-refractivity contribution is 0.0346. The average Bonchev–Trinajstić information content (AvgIpc) is 2.67. The Labute approximate surface area is 91.2 Å². The van der Waals surface area contributed by atoms with Crippen LogP contribution in [-0.2, 0) is 16.1 Å². The van der Waals surface area contributed by atoms with E-state index < -0.39 is 0 Å². The summed E-state index contributed by atoms with van der Waals surface area (Å²) in [5, 5.41) is 0. The zero-order valence-electron chi connectivity index (χ0n) is 9.24. The quantitative estimate of drug-likeness (QED) is 0.754. The molecule has 1 atom stereocenters. The molecular formula is C13H18O2. The van der Waals surface area contributed by atoms with Crippen LogP contribution in [0.15, 0.2) is 30.3 Å². The molecule has 1 aliphatic rings. The third-order valence-electron chi connectivity index (χ3n) is 2.86. The van der Waals surface area contributed by atoms with Gasteiger partial charge >= 0.3 is 0 Å². The van der Waals surface area contributed by atoms with Crippen molar-refractivity contribution < 1.29 is 9.47 Å². The Morgan fingerprint density at radius 1 is 1.33 bits per heavy atom. The van der Waals surface area contributed by atoms with Crippen LogP contribution in [0.3, 0.4) is 0 Å². The van der Waals surface area contributed by atoms with Crippen molar-refractivity contribution in [3.8, 4) is 0 Å². The number of rotatable bonds is 4. The molecule has 1 aromatic carbocycles. The van der Waals surface area contributed by atoms with E-state index in [1.54, 1.807) is 0 Å². The number of benzene rings is 1. The van der Waals surface area contributed by atoms with Gasteiger partial charge in [-0.1, -0.05) is 37.3 Å². The fourth-order valence-corrected chi connectivity index (χ4v) is 1.81. The van der Waals surface area contributed by atoms with E-state index in [9.17, 15) is 0 Å². The van der Waals surface area contributed by atoms with Crippen molar-refractivity contribution >= 4 is 0 Å². The van der Waals surface area contributed by atoms with E-state index in [1.807, 2.05) is 18.2 Å². The monoisotopic (exact) mass is 206 g/mol. The molecule has 0 saturated carbocycles. The standard InChI is InChI=1S/C13H18O2/c1-13(7-8-14-10-13)11-15-9-12-5-3-2-4-6-12/h2-6H,7-11H2,1H3. The van der Waals surface area contributed by atoms with Crippen molar-refractivity contribution in [2.24, 2.45) is 5.41 Å². The summed E-state index contributed by atoms with van der Waals surface area (Å²) >= 11 is 0. The van der Waals surface area contributed by atoms with Gasteiger partial charge in [0.2, 0.25) is 0 Å². The normalized spacial score (nSPS) is 25.7. The molecule has 0 amide bonds. The van der Waals surface area contributed by atoms with Gasteiger partial charge in [-0.3, -0.25) is 0 Å². The Bertz CT molecular complexity index is 289. The molecule has 0 spiro atoms. The summed E-state index contributed by atoms with van der Waals surface area (Å²) in [4.78, 5) is 0. The lowest BCUT2D eigenvalue weighted by Crippen LogP contribution is -2.23. The highest BCUT2D eigenvalue weighted by molar-refractivity contribution is 5.13. The summed E-state index contributed by atoms with van der Waals surface area (Å²) in [5.41, 5.74) is 1.47. The average molecular weight is 206 g/mol. The fourth-order valence-electron chi connectivity index (χ4n) is 1.81. The summed E-state index contributed by atoms with van der Waals surface area (Å²) in [6.07, 6.45) is 1.11. The molecule has 2 heteroatoms. The Balaban J connectivity index is 1.75. The molecular weight excluding hydrogens is 188 g/mol. The maximum Gasteiger partial charge on any atom is 0.0717 e. The Kier molecular flexibility index (Phi) is 3.39. The summed E-state index contributed by atoms with van der Waals surface area (Å²) in [7, 11) is 0. The maximum atomic E-state index is 5.73. The Hall–Kier alpha value is -0.860. The summed E-state index contributed by atoms with van der Waals surface area (Å²) in [6, 6.07) is 10.3. The van der Waals surface area contributed by atoms with E-state index in [4.69, 9.17) is 9.47 Å². The molecule has 0 aromatic heterocycles. The van der Waals surface area contributed by atoms with Crippen LogP contribution in [0.2, 0.25) is 0 Å². The SMILES string of the molecule is CC1(COCc2ccccc2)CCOC1. The lowest BCUT2D eigenvalue weighted by atomic mass is 9.91. The Morgan fingerprint density at radius 3 is 2.80 bits per heavy atom. The van der Waals surface area contributed by atoms with Crippen LogP contribution in [0.25, 0.3) is 0 Å². The first-order valence-corrected chi connectivity index (χ1v) is 5.48. The summed E-state index contributed by atoms with van der Waals surface area (Å²) in [6.45, 7) is 5.44. The first-order valence-electron chi connectivity index (χ1n) is 5.48. The molecule has 0 bridgehead atoms. The van der Waals surface area contributed by atoms with E-state index in [2.05, 4.69) is 19.1 Å². The predicted octanol–water partition coefficient (Wildman–Crippen LogP) is 2.63. The molecule has 1 unspecified atom stereocenters. The van der Waals surface area contributed by atoms with Gasteiger partial charge in [0.15, 0.2) is 0 Å². The third-order valence-corrected chi connectivity index (χ3v) is 2.86. The van der Waals surface area contributed by atoms with Gasteiger partial charge in [0, 0.05) is 12.0 Å². The van der Waals surface area contributed by atoms with E-state index in [-0.39, 0.29) is 5.41 Å². The molecule has 1 heterocycles. The predicted molar refractivity (Wildman–Crippen MR) is 59.6 cm³/mol. The van der Waals surface area contributed by atoms with Gasteiger partial charge < -0.3 is 9.47 Å². The topological polar surface area (TPSA) is 18.5 Å². The highest BCUT2D eigenvalue weighted by atomic mass is 16.5. The molecule has 2 rings (SSSR count). The van der Waals surface area contributed by atoms with Crippen LogP contribution in [0.5, 0.6) is 0 Å². The number of ether oxygens (including phenoxy) is 2. The van der Waals surface area contributed by atoms with Crippen LogP contribution < -0.4 is 0 Å². The first-order chi connectivity index (χ1) is 7.29. The van der Waals surface area contributed by atoms with Crippen LogP contribution in [0.4, 0.5) is 0 Å². The van der Waals surface area contributed by atoms with Crippen molar-refractivity contribution in [3.63, 3.8) is 0 Å². The van der Waals surface area contributed by atoms with Crippen LogP contribution in [0, 0.1) is 5.41 Å². The molecule has 1 saturated heterocycles. The van der Waals surface area contributed by atoms with E-state index in [1.165, 1.54) is 5.56 Å². The second kappa shape index (κ2) is 4.77. The summed E-state index contributed by atoms with van der Waals surface area (Å²) in [5.74, 6) is 0. The van der Waals surface area contributed by atoms with Gasteiger partial charge in [-0.25, -0.2) is 0 Å². The van der Waals surface area contributed by atoms with Crippen molar-refractivity contribution in [2.45, 2.75) is 20.0 Å². The third kappa shape index (κ3) is 3.05. The van der Waals surface area contributed by atoms with Crippen LogP contribution >= 0.6 is 0 Å². The minimum absolute atomic E-state index is 0.231. The molecule has 1 aliphatic heterocycles.